The summed E-state index contributed by atoms with van der Waals surface area (Å²) in [4.78, 5) is 1.46. The van der Waals surface area contributed by atoms with Gasteiger partial charge in [-0.15, -0.1) is 11.8 Å². The molecule has 0 fully saturated rings. The summed E-state index contributed by atoms with van der Waals surface area (Å²) in [6, 6.07) is 6.76. The molecule has 2 rings (SSSR count). The quantitative estimate of drug-likeness (QED) is 0.715. The maximum Gasteiger partial charge on any atom is 0.0481 e. The summed E-state index contributed by atoms with van der Waals surface area (Å²) >= 11 is 1.99. The highest BCUT2D eigenvalue weighted by Gasteiger charge is 2.08. The Kier molecular flexibility index (Phi) is 3.59. The van der Waals surface area contributed by atoms with Crippen LogP contribution in [0.3, 0.4) is 0 Å². The van der Waals surface area contributed by atoms with E-state index in [-0.39, 0.29) is 0 Å². The van der Waals surface area contributed by atoms with Gasteiger partial charge in [-0.1, -0.05) is 13.8 Å². The molecule has 0 spiro atoms. The number of nitrogens with zero attached hydrogens (tertiary/aromatic N) is 1. The molecule has 0 aliphatic rings. The number of aromatic nitrogens is 1. The average Bonchev–Trinajstić information content (AvgIpc) is 2.68. The van der Waals surface area contributed by atoms with Gasteiger partial charge < -0.3 is 4.57 Å². The average molecular weight is 233 g/mol. The molecular formula is C14H19NS. The third kappa shape index (κ3) is 1.99. The second kappa shape index (κ2) is 4.96. The van der Waals surface area contributed by atoms with Crippen molar-refractivity contribution in [2.45, 2.75) is 31.6 Å². The van der Waals surface area contributed by atoms with Crippen LogP contribution in [0.1, 0.15) is 25.8 Å². The summed E-state index contributed by atoms with van der Waals surface area (Å²) in [6.07, 6.45) is 4.51. The fourth-order valence-electron chi connectivity index (χ4n) is 2.10. The van der Waals surface area contributed by atoms with Gasteiger partial charge in [0.2, 0.25) is 0 Å². The van der Waals surface area contributed by atoms with Crippen LogP contribution in [-0.2, 0) is 13.5 Å². The van der Waals surface area contributed by atoms with Crippen molar-refractivity contribution >= 4 is 22.7 Å². The van der Waals surface area contributed by atoms with Crippen LogP contribution >= 0.6 is 11.8 Å². The number of benzene rings is 1. The number of hydrogen-bond acceptors (Lipinski definition) is 1. The van der Waals surface area contributed by atoms with E-state index in [1.165, 1.54) is 33.5 Å². The number of fused-ring (bicyclic) bond motifs is 1. The van der Waals surface area contributed by atoms with Crippen LogP contribution in [0.25, 0.3) is 10.9 Å². The number of aryl methyl sites for hydroxylation is 2. The molecule has 0 saturated carbocycles. The van der Waals surface area contributed by atoms with Crippen molar-refractivity contribution < 1.29 is 0 Å². The minimum Gasteiger partial charge on any atom is -0.351 e. The third-order valence-electron chi connectivity index (χ3n) is 2.95. The molecule has 86 valence electrons. The fraction of sp³-hybridized carbons (Fsp3) is 0.429. The molecule has 0 bridgehead atoms. The molecule has 16 heavy (non-hydrogen) atoms. The molecule has 0 N–H and O–H groups in total. The fourth-order valence-corrected chi connectivity index (χ4v) is 3.12. The molecule has 2 heteroatoms. The second-order valence-electron chi connectivity index (χ2n) is 4.10. The Balaban J connectivity index is 2.50. The van der Waals surface area contributed by atoms with Crippen molar-refractivity contribution in [1.82, 2.24) is 4.57 Å². The van der Waals surface area contributed by atoms with Gasteiger partial charge >= 0.3 is 0 Å². The molecular weight excluding hydrogens is 214 g/mol. The lowest BCUT2D eigenvalue weighted by molar-refractivity contribution is 0.967. The topological polar surface area (TPSA) is 4.93 Å². The molecule has 0 aliphatic carbocycles. The Morgan fingerprint density at radius 1 is 1.19 bits per heavy atom. The summed E-state index contributed by atoms with van der Waals surface area (Å²) in [6.45, 7) is 4.48. The monoisotopic (exact) mass is 233 g/mol. The van der Waals surface area contributed by atoms with E-state index in [1.807, 2.05) is 11.8 Å². The van der Waals surface area contributed by atoms with Gasteiger partial charge in [0.25, 0.3) is 0 Å². The van der Waals surface area contributed by atoms with Crippen LogP contribution in [0.4, 0.5) is 0 Å². The van der Waals surface area contributed by atoms with Gasteiger partial charge in [0, 0.05) is 29.0 Å². The molecule has 0 amide bonds. The van der Waals surface area contributed by atoms with Gasteiger partial charge in [-0.05, 0) is 42.4 Å². The van der Waals surface area contributed by atoms with Gasteiger partial charge in [0.05, 0.1) is 0 Å². The van der Waals surface area contributed by atoms with Gasteiger partial charge in [0.1, 0.15) is 0 Å². The Morgan fingerprint density at radius 3 is 2.69 bits per heavy atom. The van der Waals surface area contributed by atoms with Gasteiger partial charge in [-0.3, -0.25) is 0 Å². The second-order valence-corrected chi connectivity index (χ2v) is 5.24. The molecule has 0 saturated heterocycles. The molecule has 0 radical (unpaired) electrons. The maximum absolute atomic E-state index is 2.28. The van der Waals surface area contributed by atoms with E-state index in [1.54, 1.807) is 0 Å². The minimum atomic E-state index is 1.12. The molecule has 0 atom stereocenters. The summed E-state index contributed by atoms with van der Waals surface area (Å²) in [5, 5.41) is 1.42. The minimum absolute atomic E-state index is 1.12. The van der Waals surface area contributed by atoms with E-state index in [0.29, 0.717) is 0 Å². The highest BCUT2D eigenvalue weighted by atomic mass is 32.2. The molecule has 0 unspecified atom stereocenters. The van der Waals surface area contributed by atoms with E-state index < -0.39 is 0 Å². The van der Waals surface area contributed by atoms with Crippen LogP contribution in [0.2, 0.25) is 0 Å². The highest BCUT2D eigenvalue weighted by molar-refractivity contribution is 7.99. The summed E-state index contributed by atoms with van der Waals surface area (Å²) in [5.74, 6) is 1.21. The van der Waals surface area contributed by atoms with Crippen LogP contribution in [-0.4, -0.2) is 10.3 Å². The van der Waals surface area contributed by atoms with E-state index in [0.717, 1.165) is 6.42 Å². The van der Waals surface area contributed by atoms with Crippen LogP contribution in [0, 0.1) is 0 Å². The van der Waals surface area contributed by atoms with Crippen LogP contribution < -0.4 is 0 Å². The molecule has 0 aliphatic heterocycles. The highest BCUT2D eigenvalue weighted by Crippen LogP contribution is 2.30. The van der Waals surface area contributed by atoms with Crippen LogP contribution in [0.15, 0.2) is 29.3 Å². The first kappa shape index (κ1) is 11.6. The van der Waals surface area contributed by atoms with Crippen LogP contribution in [0.5, 0.6) is 0 Å². The van der Waals surface area contributed by atoms with Crippen molar-refractivity contribution in [2.24, 2.45) is 7.05 Å². The molecule has 1 nitrogen and oxygen atoms in total. The molecule has 1 aromatic heterocycles. The van der Waals surface area contributed by atoms with Gasteiger partial charge in [-0.25, -0.2) is 0 Å². The van der Waals surface area contributed by atoms with Gasteiger partial charge in [0.15, 0.2) is 0 Å². The molecule has 2 aromatic rings. The summed E-state index contributed by atoms with van der Waals surface area (Å²) in [5.41, 5.74) is 2.86. The Hall–Kier alpha value is -0.890. The first-order chi connectivity index (χ1) is 7.77. The zero-order valence-electron chi connectivity index (χ0n) is 10.3. The Labute approximate surface area is 102 Å². The number of rotatable bonds is 4. The third-order valence-corrected chi connectivity index (χ3v) is 4.26. The first-order valence-corrected chi connectivity index (χ1v) is 6.96. The zero-order chi connectivity index (χ0) is 11.5. The Morgan fingerprint density at radius 2 is 2.00 bits per heavy atom. The van der Waals surface area contributed by atoms with Crippen molar-refractivity contribution in [3.05, 3.63) is 30.0 Å². The lowest BCUT2D eigenvalue weighted by Gasteiger charge is -2.09. The predicted octanol–water partition coefficient (Wildman–Crippen LogP) is 4.24. The van der Waals surface area contributed by atoms with E-state index in [2.05, 4.69) is 49.9 Å². The van der Waals surface area contributed by atoms with Crippen molar-refractivity contribution in [1.29, 1.82) is 0 Å². The predicted molar refractivity (Wildman–Crippen MR) is 73.3 cm³/mol. The molecule has 1 aromatic carbocycles. The lowest BCUT2D eigenvalue weighted by Crippen LogP contribution is -1.90. The van der Waals surface area contributed by atoms with E-state index >= 15 is 0 Å². The largest absolute Gasteiger partial charge is 0.351 e. The first-order valence-electron chi connectivity index (χ1n) is 5.97. The SMILES string of the molecule is CCCSc1ccc2c(ccn2C)c1CC. The maximum atomic E-state index is 2.28. The summed E-state index contributed by atoms with van der Waals surface area (Å²) in [7, 11) is 2.11. The zero-order valence-corrected chi connectivity index (χ0v) is 11.1. The van der Waals surface area contributed by atoms with Crippen molar-refractivity contribution in [3.63, 3.8) is 0 Å². The normalized spacial score (nSPS) is 11.2. The number of hydrogen-bond donors (Lipinski definition) is 0. The number of thioether (sulfide) groups is 1. The van der Waals surface area contributed by atoms with Crippen molar-refractivity contribution in [2.75, 3.05) is 5.75 Å². The molecule has 1 heterocycles. The van der Waals surface area contributed by atoms with Gasteiger partial charge in [-0.2, -0.15) is 0 Å². The lowest BCUT2D eigenvalue weighted by atomic mass is 10.1. The van der Waals surface area contributed by atoms with E-state index in [4.69, 9.17) is 0 Å². The van der Waals surface area contributed by atoms with Crippen molar-refractivity contribution in [3.8, 4) is 0 Å². The Bertz CT molecular complexity index is 485. The van der Waals surface area contributed by atoms with E-state index in [9.17, 15) is 0 Å². The summed E-state index contributed by atoms with van der Waals surface area (Å²) < 4.78 is 2.20. The smallest absolute Gasteiger partial charge is 0.0481 e. The standard InChI is InChI=1S/C14H19NS/c1-4-10-16-14-7-6-13-12(11(14)5-2)8-9-15(13)3/h6-9H,4-5,10H2,1-3H3.